The highest BCUT2D eigenvalue weighted by Gasteiger charge is 2.41. The number of hydrogen-bond donors (Lipinski definition) is 1. The van der Waals surface area contributed by atoms with Gasteiger partial charge in [0.25, 0.3) is 5.91 Å². The van der Waals surface area contributed by atoms with Crippen LogP contribution in [0.15, 0.2) is 24.3 Å². The fraction of sp³-hybridized carbons (Fsp3) is 0.500. The first-order valence-corrected chi connectivity index (χ1v) is 10.4. The molecular weight excluding hydrogens is 326 g/mol. The van der Waals surface area contributed by atoms with Gasteiger partial charge in [0.05, 0.1) is 0 Å². The first-order valence-electron chi connectivity index (χ1n) is 7.00. The molecule has 0 aliphatic heterocycles. The molecule has 0 saturated carbocycles. The number of carbonyl (C=O) groups excluding carboxylic acids is 1. The zero-order chi connectivity index (χ0) is 17.0. The van der Waals surface area contributed by atoms with E-state index in [2.05, 4.69) is 5.32 Å². The summed E-state index contributed by atoms with van der Waals surface area (Å²) in [7, 11) is -8.12. The number of sulfone groups is 2. The van der Waals surface area contributed by atoms with E-state index < -0.39 is 41.7 Å². The topological polar surface area (TPSA) is 97.4 Å². The van der Waals surface area contributed by atoms with Crippen molar-refractivity contribution in [3.05, 3.63) is 29.8 Å². The first kappa shape index (κ1) is 18.6. The Morgan fingerprint density at radius 2 is 1.41 bits per heavy atom. The Kier molecular flexibility index (Phi) is 6.13. The third-order valence-electron chi connectivity index (χ3n) is 3.30. The maximum atomic E-state index is 12.2. The number of benzene rings is 1. The van der Waals surface area contributed by atoms with Crippen LogP contribution >= 0.6 is 0 Å². The van der Waals surface area contributed by atoms with E-state index in [1.165, 1.54) is 13.8 Å². The third-order valence-corrected chi connectivity index (χ3v) is 8.40. The van der Waals surface area contributed by atoms with Crippen LogP contribution in [-0.4, -0.2) is 38.8 Å². The van der Waals surface area contributed by atoms with Gasteiger partial charge in [0, 0.05) is 17.2 Å². The fourth-order valence-corrected chi connectivity index (χ4v) is 5.86. The van der Waals surface area contributed by atoms with Gasteiger partial charge in [0.2, 0.25) is 4.58 Å². The van der Waals surface area contributed by atoms with E-state index in [4.69, 9.17) is 0 Å². The zero-order valence-electron chi connectivity index (χ0n) is 12.9. The van der Waals surface area contributed by atoms with Gasteiger partial charge in [-0.05, 0) is 24.1 Å². The summed E-state index contributed by atoms with van der Waals surface area (Å²) in [4.78, 5) is 12.2. The molecule has 0 aliphatic rings. The quantitative estimate of drug-likeness (QED) is 0.804. The molecule has 8 heteroatoms. The van der Waals surface area contributed by atoms with Gasteiger partial charge in [-0.25, -0.2) is 16.8 Å². The van der Waals surface area contributed by atoms with Crippen LogP contribution in [0, 0.1) is 0 Å². The molecule has 22 heavy (non-hydrogen) atoms. The normalized spacial score (nSPS) is 12.4. The number of nitrogens with one attached hydrogen (secondary N) is 1. The molecule has 6 nitrogen and oxygen atoms in total. The molecule has 0 heterocycles. The van der Waals surface area contributed by atoms with Crippen molar-refractivity contribution in [1.29, 1.82) is 0 Å². The zero-order valence-corrected chi connectivity index (χ0v) is 14.5. The van der Waals surface area contributed by atoms with Gasteiger partial charge in [0.15, 0.2) is 19.7 Å². The molecule has 0 radical (unpaired) electrons. The second-order valence-corrected chi connectivity index (χ2v) is 9.82. The Morgan fingerprint density at radius 1 is 0.955 bits per heavy atom. The van der Waals surface area contributed by atoms with Crippen molar-refractivity contribution in [3.63, 3.8) is 0 Å². The molecule has 1 aromatic rings. The van der Waals surface area contributed by atoms with Crippen LogP contribution in [0.25, 0.3) is 0 Å². The van der Waals surface area contributed by atoms with Gasteiger partial charge in [-0.3, -0.25) is 4.79 Å². The highest BCUT2D eigenvalue weighted by atomic mass is 32.3. The molecule has 1 aromatic carbocycles. The van der Waals surface area contributed by atoms with Gasteiger partial charge in [-0.2, -0.15) is 0 Å². The maximum absolute atomic E-state index is 12.2. The largest absolute Gasteiger partial charge is 0.324 e. The minimum atomic E-state index is -4.06. The van der Waals surface area contributed by atoms with Crippen molar-refractivity contribution in [3.8, 4) is 0 Å². The van der Waals surface area contributed by atoms with Gasteiger partial charge >= 0.3 is 0 Å². The number of anilines is 1. The van der Waals surface area contributed by atoms with Crippen LogP contribution in [-0.2, 0) is 30.9 Å². The van der Waals surface area contributed by atoms with E-state index in [0.717, 1.165) is 12.0 Å². The van der Waals surface area contributed by atoms with E-state index in [9.17, 15) is 21.6 Å². The summed E-state index contributed by atoms with van der Waals surface area (Å²) >= 11 is 0. The summed E-state index contributed by atoms with van der Waals surface area (Å²) < 4.78 is 45.9. The monoisotopic (exact) mass is 347 g/mol. The molecule has 0 saturated heterocycles. The van der Waals surface area contributed by atoms with E-state index in [-0.39, 0.29) is 0 Å². The second kappa shape index (κ2) is 7.23. The molecule has 124 valence electrons. The van der Waals surface area contributed by atoms with E-state index in [1.807, 2.05) is 6.92 Å². The predicted octanol–water partition coefficient (Wildman–Crippen LogP) is 1.38. The first-order chi connectivity index (χ1) is 10.2. The van der Waals surface area contributed by atoms with Crippen LogP contribution in [0.5, 0.6) is 0 Å². The molecule has 0 atom stereocenters. The highest BCUT2D eigenvalue weighted by molar-refractivity contribution is 8.10. The molecule has 0 aromatic heterocycles. The SMILES string of the molecule is CCc1ccc(NC(=O)C(S(=O)(=O)CC)S(=O)(=O)CC)cc1. The molecule has 1 rings (SSSR count). The Bertz CT molecular complexity index is 687. The lowest BCUT2D eigenvalue weighted by molar-refractivity contribution is -0.114. The molecular formula is C14H21NO5S2. The number of aryl methyl sites for hydroxylation is 1. The molecule has 0 spiro atoms. The van der Waals surface area contributed by atoms with Crippen molar-refractivity contribution < 1.29 is 21.6 Å². The van der Waals surface area contributed by atoms with Gasteiger partial charge in [-0.1, -0.05) is 32.9 Å². The van der Waals surface area contributed by atoms with Crippen molar-refractivity contribution in [1.82, 2.24) is 0 Å². The van der Waals surface area contributed by atoms with Gasteiger partial charge in [-0.15, -0.1) is 0 Å². The molecule has 1 N–H and O–H groups in total. The van der Waals surface area contributed by atoms with Crippen LogP contribution in [0.1, 0.15) is 26.3 Å². The van der Waals surface area contributed by atoms with Crippen molar-refractivity contribution >= 4 is 31.3 Å². The average molecular weight is 347 g/mol. The van der Waals surface area contributed by atoms with Crippen molar-refractivity contribution in [2.24, 2.45) is 0 Å². The lowest BCUT2D eigenvalue weighted by atomic mass is 10.1. The summed E-state index contributed by atoms with van der Waals surface area (Å²) in [5, 5.41) is 2.38. The van der Waals surface area contributed by atoms with E-state index in [1.54, 1.807) is 24.3 Å². The summed E-state index contributed by atoms with van der Waals surface area (Å²) in [6.45, 7) is 4.61. The molecule has 0 bridgehead atoms. The van der Waals surface area contributed by atoms with Gasteiger partial charge < -0.3 is 5.32 Å². The fourth-order valence-electron chi connectivity index (χ4n) is 1.88. The average Bonchev–Trinajstić information content (AvgIpc) is 2.47. The maximum Gasteiger partial charge on any atom is 0.258 e. The molecule has 0 unspecified atom stereocenters. The Labute approximate surface area is 131 Å². The van der Waals surface area contributed by atoms with Crippen LogP contribution in [0.2, 0.25) is 0 Å². The van der Waals surface area contributed by atoms with Crippen molar-refractivity contribution in [2.75, 3.05) is 16.8 Å². The van der Waals surface area contributed by atoms with Crippen molar-refractivity contribution in [2.45, 2.75) is 31.8 Å². The van der Waals surface area contributed by atoms with Gasteiger partial charge in [0.1, 0.15) is 0 Å². The Hall–Kier alpha value is -1.41. The lowest BCUT2D eigenvalue weighted by Gasteiger charge is -2.16. The lowest BCUT2D eigenvalue weighted by Crippen LogP contribution is -2.43. The molecule has 0 fully saturated rings. The minimum absolute atomic E-state index is 0.366. The minimum Gasteiger partial charge on any atom is -0.324 e. The highest BCUT2D eigenvalue weighted by Crippen LogP contribution is 2.16. The summed E-state index contributed by atoms with van der Waals surface area (Å²) in [5.41, 5.74) is 1.42. The standard InChI is InChI=1S/C14H21NO5S2/c1-4-11-7-9-12(10-8-11)15-13(16)14(21(17,18)5-2)22(19,20)6-3/h7-10,14H,4-6H2,1-3H3,(H,15,16). The number of hydrogen-bond acceptors (Lipinski definition) is 5. The van der Waals surface area contributed by atoms with E-state index >= 15 is 0 Å². The smallest absolute Gasteiger partial charge is 0.258 e. The van der Waals surface area contributed by atoms with Crippen LogP contribution in [0.3, 0.4) is 0 Å². The van der Waals surface area contributed by atoms with E-state index in [0.29, 0.717) is 5.69 Å². The van der Waals surface area contributed by atoms with Crippen LogP contribution in [0.4, 0.5) is 5.69 Å². The summed E-state index contributed by atoms with van der Waals surface area (Å²) in [6.07, 6.45) is 0.825. The summed E-state index contributed by atoms with van der Waals surface area (Å²) in [5.74, 6) is -1.87. The predicted molar refractivity (Wildman–Crippen MR) is 87.2 cm³/mol. The number of rotatable bonds is 7. The Balaban J connectivity index is 3.13. The summed E-state index contributed by atoms with van der Waals surface area (Å²) in [6, 6.07) is 6.80. The molecule has 1 amide bonds. The Morgan fingerprint density at radius 3 is 1.77 bits per heavy atom. The third kappa shape index (κ3) is 4.30. The number of amides is 1. The second-order valence-electron chi connectivity index (χ2n) is 4.77. The number of carbonyl (C=O) groups is 1. The van der Waals surface area contributed by atoms with Crippen LogP contribution < -0.4 is 5.32 Å². The molecule has 0 aliphatic carbocycles.